The van der Waals surface area contributed by atoms with Crippen molar-refractivity contribution < 1.29 is 14.3 Å². The monoisotopic (exact) mass is 221 g/mol. The molecule has 0 aliphatic rings. The van der Waals surface area contributed by atoms with Crippen molar-refractivity contribution in [3.8, 4) is 0 Å². The van der Waals surface area contributed by atoms with Gasteiger partial charge in [0.2, 0.25) is 0 Å². The molecule has 0 unspecified atom stereocenters. The Balaban J connectivity index is 2.48. The van der Waals surface area contributed by atoms with Crippen molar-refractivity contribution >= 4 is 17.1 Å². The third-order valence-corrected chi connectivity index (χ3v) is 2.37. The zero-order valence-electron chi connectivity index (χ0n) is 8.77. The summed E-state index contributed by atoms with van der Waals surface area (Å²) in [6.45, 7) is 2.03. The molecule has 0 fully saturated rings. The Kier molecular flexibility index (Phi) is 2.52. The molecule has 1 heterocycles. The highest BCUT2D eigenvalue weighted by atomic mass is 16.4. The van der Waals surface area contributed by atoms with Crippen molar-refractivity contribution in [2.45, 2.75) is 19.9 Å². The number of aliphatic carboxylic acids is 1. The molecule has 0 saturated heterocycles. The molecule has 1 aromatic heterocycles. The summed E-state index contributed by atoms with van der Waals surface area (Å²) in [7, 11) is 0. The van der Waals surface area contributed by atoms with E-state index in [-0.39, 0.29) is 13.0 Å². The number of aryl methyl sites for hydroxylation is 2. The molecule has 0 atom stereocenters. The fraction of sp³-hybridized carbons (Fsp3) is 0.273. The minimum absolute atomic E-state index is 0.0948. The van der Waals surface area contributed by atoms with Gasteiger partial charge in [-0.2, -0.15) is 0 Å². The number of carboxylic acids is 1. The van der Waals surface area contributed by atoms with Gasteiger partial charge in [0.15, 0.2) is 5.58 Å². The van der Waals surface area contributed by atoms with Crippen LogP contribution in [0.25, 0.3) is 11.1 Å². The molecular weight excluding hydrogens is 210 g/mol. The molecule has 1 aromatic carbocycles. The number of carboxylic acid groups (broad SMARTS) is 1. The minimum atomic E-state index is -0.937. The van der Waals surface area contributed by atoms with E-state index in [0.29, 0.717) is 11.1 Å². The summed E-state index contributed by atoms with van der Waals surface area (Å²) in [5, 5.41) is 8.57. The second-order valence-corrected chi connectivity index (χ2v) is 3.63. The smallest absolute Gasteiger partial charge is 0.419 e. The van der Waals surface area contributed by atoms with E-state index in [0.717, 1.165) is 5.56 Å². The van der Waals surface area contributed by atoms with E-state index in [2.05, 4.69) is 0 Å². The fourth-order valence-electron chi connectivity index (χ4n) is 1.59. The number of aromatic nitrogens is 1. The van der Waals surface area contributed by atoms with Crippen molar-refractivity contribution in [3.63, 3.8) is 0 Å². The first-order chi connectivity index (χ1) is 7.58. The van der Waals surface area contributed by atoms with Crippen molar-refractivity contribution in [1.82, 2.24) is 4.57 Å². The summed E-state index contributed by atoms with van der Waals surface area (Å²) in [6.07, 6.45) is -0.0948. The van der Waals surface area contributed by atoms with E-state index in [9.17, 15) is 9.59 Å². The van der Waals surface area contributed by atoms with E-state index in [1.54, 1.807) is 12.1 Å². The van der Waals surface area contributed by atoms with Crippen LogP contribution in [-0.4, -0.2) is 15.6 Å². The number of rotatable bonds is 3. The van der Waals surface area contributed by atoms with E-state index >= 15 is 0 Å². The van der Waals surface area contributed by atoms with Crippen molar-refractivity contribution in [2.75, 3.05) is 0 Å². The SMILES string of the molecule is Cc1ccc2c(c1)oc(=O)n2CCC(=O)O. The van der Waals surface area contributed by atoms with Crippen molar-refractivity contribution in [3.05, 3.63) is 34.3 Å². The van der Waals surface area contributed by atoms with Crippen LogP contribution in [0.2, 0.25) is 0 Å². The zero-order chi connectivity index (χ0) is 11.7. The average molecular weight is 221 g/mol. The van der Waals surface area contributed by atoms with Gasteiger partial charge in [0.25, 0.3) is 0 Å². The number of hydrogen-bond donors (Lipinski definition) is 1. The number of fused-ring (bicyclic) bond motifs is 1. The van der Waals surface area contributed by atoms with Crippen LogP contribution in [0.1, 0.15) is 12.0 Å². The van der Waals surface area contributed by atoms with Gasteiger partial charge in [-0.15, -0.1) is 0 Å². The molecule has 1 N–H and O–H groups in total. The molecular formula is C11H11NO4. The number of nitrogens with zero attached hydrogens (tertiary/aromatic N) is 1. The number of oxazole rings is 1. The van der Waals surface area contributed by atoms with E-state index in [1.165, 1.54) is 4.57 Å². The fourth-order valence-corrected chi connectivity index (χ4v) is 1.59. The van der Waals surface area contributed by atoms with Crippen LogP contribution in [0.15, 0.2) is 27.4 Å². The van der Waals surface area contributed by atoms with Gasteiger partial charge < -0.3 is 9.52 Å². The molecule has 84 valence electrons. The first-order valence-electron chi connectivity index (χ1n) is 4.90. The van der Waals surface area contributed by atoms with Gasteiger partial charge in [0.05, 0.1) is 11.9 Å². The molecule has 0 saturated carbocycles. The minimum Gasteiger partial charge on any atom is -0.481 e. The molecule has 0 aliphatic carbocycles. The molecule has 0 amide bonds. The maximum atomic E-state index is 11.5. The van der Waals surface area contributed by atoms with Crippen LogP contribution in [-0.2, 0) is 11.3 Å². The van der Waals surface area contributed by atoms with Crippen LogP contribution < -0.4 is 5.76 Å². The topological polar surface area (TPSA) is 72.4 Å². The predicted molar refractivity (Wildman–Crippen MR) is 57.5 cm³/mol. The molecule has 5 heteroatoms. The summed E-state index contributed by atoms with van der Waals surface area (Å²) >= 11 is 0. The molecule has 0 aliphatic heterocycles. The van der Waals surface area contributed by atoms with Crippen LogP contribution >= 0.6 is 0 Å². The predicted octanol–water partition coefficient (Wildman–Crippen LogP) is 1.38. The first-order valence-corrected chi connectivity index (χ1v) is 4.90. The van der Waals surface area contributed by atoms with Crippen LogP contribution in [0.3, 0.4) is 0 Å². The number of benzene rings is 1. The van der Waals surface area contributed by atoms with Crippen LogP contribution in [0, 0.1) is 6.92 Å². The van der Waals surface area contributed by atoms with Crippen molar-refractivity contribution in [2.24, 2.45) is 0 Å². The highest BCUT2D eigenvalue weighted by Crippen LogP contribution is 2.14. The second kappa shape index (κ2) is 3.84. The second-order valence-electron chi connectivity index (χ2n) is 3.63. The molecule has 5 nitrogen and oxygen atoms in total. The molecule has 0 spiro atoms. The van der Waals surface area contributed by atoms with Gasteiger partial charge in [-0.1, -0.05) is 6.07 Å². The maximum absolute atomic E-state index is 11.5. The Labute approximate surface area is 90.9 Å². The lowest BCUT2D eigenvalue weighted by Crippen LogP contribution is -2.16. The summed E-state index contributed by atoms with van der Waals surface area (Å²) in [4.78, 5) is 21.9. The Morgan fingerprint density at radius 3 is 2.94 bits per heavy atom. The molecule has 0 radical (unpaired) electrons. The summed E-state index contributed by atoms with van der Waals surface area (Å²) in [6, 6.07) is 5.37. The summed E-state index contributed by atoms with van der Waals surface area (Å²) in [5.74, 6) is -1.45. The third kappa shape index (κ3) is 1.84. The molecule has 16 heavy (non-hydrogen) atoms. The lowest BCUT2D eigenvalue weighted by Gasteiger charge is -1.98. The Morgan fingerprint density at radius 1 is 1.50 bits per heavy atom. The van der Waals surface area contributed by atoms with Gasteiger partial charge in [0.1, 0.15) is 0 Å². The average Bonchev–Trinajstić information content (AvgIpc) is 2.50. The molecule has 0 bridgehead atoms. The normalized spacial score (nSPS) is 10.8. The van der Waals surface area contributed by atoms with Crippen molar-refractivity contribution in [1.29, 1.82) is 0 Å². The quantitative estimate of drug-likeness (QED) is 0.849. The standard InChI is InChI=1S/C11H11NO4/c1-7-2-3-8-9(6-7)16-11(15)12(8)5-4-10(13)14/h2-3,6H,4-5H2,1H3,(H,13,14). The van der Waals surface area contributed by atoms with E-state index in [1.807, 2.05) is 13.0 Å². The van der Waals surface area contributed by atoms with Gasteiger partial charge in [-0.3, -0.25) is 9.36 Å². The summed E-state index contributed by atoms with van der Waals surface area (Å²) < 4.78 is 6.36. The lowest BCUT2D eigenvalue weighted by atomic mass is 10.2. The third-order valence-electron chi connectivity index (χ3n) is 2.37. The largest absolute Gasteiger partial charge is 0.481 e. The van der Waals surface area contributed by atoms with Crippen LogP contribution in [0.4, 0.5) is 0 Å². The van der Waals surface area contributed by atoms with Gasteiger partial charge in [-0.25, -0.2) is 4.79 Å². The van der Waals surface area contributed by atoms with E-state index < -0.39 is 11.7 Å². The maximum Gasteiger partial charge on any atom is 0.419 e. The number of carbonyl (C=O) groups is 1. The Morgan fingerprint density at radius 2 is 2.25 bits per heavy atom. The van der Waals surface area contributed by atoms with Gasteiger partial charge in [0, 0.05) is 6.54 Å². The zero-order valence-corrected chi connectivity index (χ0v) is 8.77. The molecule has 2 rings (SSSR count). The highest BCUT2D eigenvalue weighted by molar-refractivity contribution is 5.74. The summed E-state index contributed by atoms with van der Waals surface area (Å²) in [5.41, 5.74) is 2.12. The number of hydrogen-bond acceptors (Lipinski definition) is 3. The lowest BCUT2D eigenvalue weighted by molar-refractivity contribution is -0.137. The Hall–Kier alpha value is -2.04. The molecule has 2 aromatic rings. The Bertz CT molecular complexity index is 594. The van der Waals surface area contributed by atoms with Gasteiger partial charge in [-0.05, 0) is 24.6 Å². The van der Waals surface area contributed by atoms with Crippen LogP contribution in [0.5, 0.6) is 0 Å². The van der Waals surface area contributed by atoms with E-state index in [4.69, 9.17) is 9.52 Å². The highest BCUT2D eigenvalue weighted by Gasteiger charge is 2.09. The first kappa shape index (κ1) is 10.5. The van der Waals surface area contributed by atoms with Gasteiger partial charge >= 0.3 is 11.7 Å².